The van der Waals surface area contributed by atoms with Crippen LogP contribution >= 0.6 is 15.9 Å². The molecule has 0 saturated heterocycles. The van der Waals surface area contributed by atoms with E-state index in [4.69, 9.17) is 15.3 Å². The predicted octanol–water partition coefficient (Wildman–Crippen LogP) is 3.11. The number of anilines is 1. The Hall–Kier alpha value is -1.86. The number of hydrogen-bond donors (Lipinski definition) is 2. The molecule has 0 atom stereocenters. The molecule has 0 aliphatic heterocycles. The minimum atomic E-state index is 0.362. The summed E-state index contributed by atoms with van der Waals surface area (Å²) in [5.41, 5.74) is 2.46. The van der Waals surface area contributed by atoms with Crippen molar-refractivity contribution in [1.29, 1.82) is 0 Å². The van der Waals surface area contributed by atoms with E-state index >= 15 is 0 Å². The Balaban J connectivity index is 2.26. The fourth-order valence-corrected chi connectivity index (χ4v) is 1.90. The first kappa shape index (κ1) is 14.5. The Labute approximate surface area is 125 Å². The van der Waals surface area contributed by atoms with Gasteiger partial charge >= 0.3 is 0 Å². The number of nitrogens with two attached hydrogens (primary N) is 1. The summed E-state index contributed by atoms with van der Waals surface area (Å²) in [7, 11) is 0. The summed E-state index contributed by atoms with van der Waals surface area (Å²) in [6.07, 6.45) is 2.29. The van der Waals surface area contributed by atoms with Gasteiger partial charge in [-0.15, -0.1) is 0 Å². The normalized spacial score (nSPS) is 10.2. The molecule has 0 radical (unpaired) electrons. The molecule has 20 heavy (non-hydrogen) atoms. The number of ether oxygens (including phenoxy) is 2. The lowest BCUT2D eigenvalue weighted by atomic mass is 10.3. The van der Waals surface area contributed by atoms with E-state index in [1.165, 1.54) is 6.33 Å². The van der Waals surface area contributed by atoms with Crippen LogP contribution in [-0.4, -0.2) is 16.6 Å². The highest BCUT2D eigenvalue weighted by Crippen LogP contribution is 2.35. The molecule has 2 rings (SSSR count). The predicted molar refractivity (Wildman–Crippen MR) is 79.8 cm³/mol. The van der Waals surface area contributed by atoms with Gasteiger partial charge in [0, 0.05) is 0 Å². The van der Waals surface area contributed by atoms with E-state index in [0.29, 0.717) is 34.3 Å². The van der Waals surface area contributed by atoms with Gasteiger partial charge in [-0.1, -0.05) is 19.1 Å². The monoisotopic (exact) mass is 338 g/mol. The van der Waals surface area contributed by atoms with Crippen LogP contribution in [0.15, 0.2) is 35.1 Å². The SMILES string of the molecule is CCCOc1ccccc1Oc1ncnc(NN)c1Br. The Morgan fingerprint density at radius 1 is 1.25 bits per heavy atom. The van der Waals surface area contributed by atoms with Crippen LogP contribution in [0.25, 0.3) is 0 Å². The van der Waals surface area contributed by atoms with Crippen molar-refractivity contribution >= 4 is 21.7 Å². The summed E-state index contributed by atoms with van der Waals surface area (Å²) in [6.45, 7) is 2.67. The molecule has 1 aromatic heterocycles. The molecule has 0 saturated carbocycles. The molecular weight excluding hydrogens is 324 g/mol. The highest BCUT2D eigenvalue weighted by atomic mass is 79.9. The van der Waals surface area contributed by atoms with E-state index in [0.717, 1.165) is 6.42 Å². The maximum Gasteiger partial charge on any atom is 0.239 e. The van der Waals surface area contributed by atoms with Crippen molar-refractivity contribution in [2.75, 3.05) is 12.0 Å². The first-order valence-corrected chi connectivity index (χ1v) is 6.92. The van der Waals surface area contributed by atoms with Gasteiger partial charge in [-0.3, -0.25) is 0 Å². The largest absolute Gasteiger partial charge is 0.490 e. The number of para-hydroxylation sites is 2. The Kier molecular flexibility index (Phi) is 5.14. The Morgan fingerprint density at radius 3 is 2.70 bits per heavy atom. The number of nitrogens with one attached hydrogen (secondary N) is 1. The van der Waals surface area contributed by atoms with Crippen LogP contribution in [-0.2, 0) is 0 Å². The number of hydrazine groups is 1. The quantitative estimate of drug-likeness (QED) is 0.622. The maximum absolute atomic E-state index is 5.76. The molecule has 0 amide bonds. The lowest BCUT2D eigenvalue weighted by Gasteiger charge is -2.12. The van der Waals surface area contributed by atoms with Gasteiger partial charge < -0.3 is 14.9 Å². The number of nitrogens with zero attached hydrogens (tertiary/aromatic N) is 2. The van der Waals surface area contributed by atoms with Gasteiger partial charge in [-0.2, -0.15) is 0 Å². The number of hydrogen-bond acceptors (Lipinski definition) is 6. The highest BCUT2D eigenvalue weighted by Gasteiger charge is 2.12. The summed E-state index contributed by atoms with van der Waals surface area (Å²) >= 11 is 3.34. The molecule has 0 bridgehead atoms. The molecule has 6 nitrogen and oxygen atoms in total. The lowest BCUT2D eigenvalue weighted by molar-refractivity contribution is 0.300. The van der Waals surface area contributed by atoms with Crippen molar-refractivity contribution < 1.29 is 9.47 Å². The van der Waals surface area contributed by atoms with E-state index in [9.17, 15) is 0 Å². The fourth-order valence-electron chi connectivity index (χ4n) is 1.50. The zero-order valence-corrected chi connectivity index (χ0v) is 12.6. The third-order valence-electron chi connectivity index (χ3n) is 2.41. The lowest BCUT2D eigenvalue weighted by Crippen LogP contribution is -2.10. The fraction of sp³-hybridized carbons (Fsp3) is 0.231. The summed E-state index contributed by atoms with van der Waals surface area (Å²) < 4.78 is 11.9. The van der Waals surface area contributed by atoms with Gasteiger partial charge in [0.15, 0.2) is 17.3 Å². The molecule has 3 N–H and O–H groups in total. The van der Waals surface area contributed by atoms with Crippen molar-refractivity contribution in [2.24, 2.45) is 5.84 Å². The molecule has 0 spiro atoms. The molecule has 1 heterocycles. The van der Waals surface area contributed by atoms with Crippen molar-refractivity contribution in [3.05, 3.63) is 35.1 Å². The van der Waals surface area contributed by atoms with Gasteiger partial charge in [0.05, 0.1) is 6.61 Å². The van der Waals surface area contributed by atoms with Crippen LogP contribution in [0, 0.1) is 0 Å². The molecule has 7 heteroatoms. The molecule has 0 aliphatic carbocycles. The van der Waals surface area contributed by atoms with Crippen LogP contribution < -0.4 is 20.7 Å². The number of rotatable bonds is 6. The van der Waals surface area contributed by atoms with Gasteiger partial charge in [0.2, 0.25) is 5.88 Å². The second kappa shape index (κ2) is 7.06. The molecule has 0 aliphatic rings. The van der Waals surface area contributed by atoms with Crippen LogP contribution in [0.2, 0.25) is 0 Å². The summed E-state index contributed by atoms with van der Waals surface area (Å²) in [5, 5.41) is 0. The molecule has 106 valence electrons. The number of benzene rings is 1. The van der Waals surface area contributed by atoms with E-state index in [2.05, 4.69) is 31.3 Å². The zero-order chi connectivity index (χ0) is 14.4. The molecule has 0 fully saturated rings. The first-order chi connectivity index (χ1) is 9.76. The second-order valence-electron chi connectivity index (χ2n) is 3.88. The number of aromatic nitrogens is 2. The van der Waals surface area contributed by atoms with Crippen LogP contribution in [0.1, 0.15) is 13.3 Å². The average molecular weight is 339 g/mol. The standard InChI is InChI=1S/C13H15BrN4O2/c1-2-7-19-9-5-3-4-6-10(9)20-13-11(14)12(18-15)16-8-17-13/h3-6,8H,2,7,15H2,1H3,(H,16,17,18). The van der Waals surface area contributed by atoms with Crippen molar-refractivity contribution in [2.45, 2.75) is 13.3 Å². The smallest absolute Gasteiger partial charge is 0.239 e. The molecular formula is C13H15BrN4O2. The van der Waals surface area contributed by atoms with Crippen LogP contribution in [0.5, 0.6) is 17.4 Å². The Bertz CT molecular complexity index is 580. The Morgan fingerprint density at radius 2 is 2.00 bits per heavy atom. The topological polar surface area (TPSA) is 82.3 Å². The highest BCUT2D eigenvalue weighted by molar-refractivity contribution is 9.10. The van der Waals surface area contributed by atoms with Crippen molar-refractivity contribution in [1.82, 2.24) is 9.97 Å². The van der Waals surface area contributed by atoms with Gasteiger partial charge in [0.25, 0.3) is 0 Å². The van der Waals surface area contributed by atoms with Crippen molar-refractivity contribution in [3.8, 4) is 17.4 Å². The van der Waals surface area contributed by atoms with E-state index in [1.807, 2.05) is 31.2 Å². The third kappa shape index (κ3) is 3.37. The van der Waals surface area contributed by atoms with Crippen LogP contribution in [0.4, 0.5) is 5.82 Å². The van der Waals surface area contributed by atoms with Gasteiger partial charge in [-0.05, 0) is 34.5 Å². The minimum Gasteiger partial charge on any atom is -0.490 e. The van der Waals surface area contributed by atoms with E-state index < -0.39 is 0 Å². The minimum absolute atomic E-state index is 0.362. The third-order valence-corrected chi connectivity index (χ3v) is 3.13. The first-order valence-electron chi connectivity index (χ1n) is 6.13. The summed E-state index contributed by atoms with van der Waals surface area (Å²) in [6, 6.07) is 7.42. The van der Waals surface area contributed by atoms with Gasteiger partial charge in [0.1, 0.15) is 10.8 Å². The molecule has 2 aromatic rings. The number of halogens is 1. The van der Waals surface area contributed by atoms with Gasteiger partial charge in [-0.25, -0.2) is 15.8 Å². The van der Waals surface area contributed by atoms with Crippen LogP contribution in [0.3, 0.4) is 0 Å². The average Bonchev–Trinajstić information content (AvgIpc) is 2.48. The van der Waals surface area contributed by atoms with E-state index in [1.54, 1.807) is 0 Å². The van der Waals surface area contributed by atoms with E-state index in [-0.39, 0.29) is 0 Å². The molecule has 1 aromatic carbocycles. The summed E-state index contributed by atoms with van der Waals surface area (Å²) in [4.78, 5) is 8.04. The van der Waals surface area contributed by atoms with Crippen molar-refractivity contribution in [3.63, 3.8) is 0 Å². The second-order valence-corrected chi connectivity index (χ2v) is 4.68. The zero-order valence-electron chi connectivity index (χ0n) is 11.0. The molecule has 0 unspecified atom stereocenters. The maximum atomic E-state index is 5.76. The summed E-state index contributed by atoms with van der Waals surface area (Å²) in [5.74, 6) is 7.42. The number of nitrogen functional groups attached to an aromatic ring is 1.